The van der Waals surface area contributed by atoms with Crippen LogP contribution in [0.4, 0.5) is 5.69 Å². The summed E-state index contributed by atoms with van der Waals surface area (Å²) < 4.78 is 5.72. The second kappa shape index (κ2) is 6.17. The quantitative estimate of drug-likeness (QED) is 0.683. The number of benzene rings is 2. The van der Waals surface area contributed by atoms with Crippen molar-refractivity contribution in [3.63, 3.8) is 0 Å². The lowest BCUT2D eigenvalue weighted by Gasteiger charge is -2.10. The Kier molecular flexibility index (Phi) is 4.32. The molecule has 4 heteroatoms. The van der Waals surface area contributed by atoms with E-state index < -0.39 is 0 Å². The van der Waals surface area contributed by atoms with E-state index in [1.54, 1.807) is 0 Å². The largest absolute Gasteiger partial charge is 0.487 e. The monoisotopic (exact) mass is 270 g/mol. The van der Waals surface area contributed by atoms with E-state index in [1.165, 1.54) is 11.8 Å². The zero-order valence-electron chi connectivity index (χ0n) is 10.6. The topological polar surface area (TPSA) is 59.0 Å². The van der Waals surface area contributed by atoms with Gasteiger partial charge in [-0.05, 0) is 36.1 Å². The minimum Gasteiger partial charge on any atom is -0.487 e. The average molecular weight is 270 g/mol. The van der Waals surface area contributed by atoms with E-state index >= 15 is 0 Å². The first kappa shape index (κ1) is 13.3. The van der Waals surface area contributed by atoms with Gasteiger partial charge in [-0.3, -0.25) is 0 Å². The van der Waals surface area contributed by atoms with E-state index in [2.05, 4.69) is 6.07 Å². The van der Waals surface area contributed by atoms with Crippen LogP contribution in [0, 0.1) is 11.3 Å². The van der Waals surface area contributed by atoms with Gasteiger partial charge in [-0.25, -0.2) is 0 Å². The van der Waals surface area contributed by atoms with Crippen LogP contribution in [0.2, 0.25) is 0 Å². The van der Waals surface area contributed by atoms with Gasteiger partial charge < -0.3 is 10.5 Å². The van der Waals surface area contributed by atoms with Crippen LogP contribution in [0.3, 0.4) is 0 Å². The summed E-state index contributed by atoms with van der Waals surface area (Å²) in [4.78, 5) is 0.928. The minimum atomic E-state index is 0.423. The molecule has 2 N–H and O–H groups in total. The SMILES string of the molecule is CSc1cccc(OCc2ccc(N)cc2)c1C#N. The summed E-state index contributed by atoms with van der Waals surface area (Å²) in [6.45, 7) is 0.423. The zero-order chi connectivity index (χ0) is 13.7. The fourth-order valence-corrected chi connectivity index (χ4v) is 2.25. The van der Waals surface area contributed by atoms with Gasteiger partial charge in [0.15, 0.2) is 0 Å². The Morgan fingerprint density at radius 1 is 1.21 bits per heavy atom. The number of nitrogen functional groups attached to an aromatic ring is 1. The smallest absolute Gasteiger partial charge is 0.138 e. The molecule has 96 valence electrons. The van der Waals surface area contributed by atoms with Gasteiger partial charge in [-0.1, -0.05) is 18.2 Å². The molecule has 2 aromatic rings. The minimum absolute atomic E-state index is 0.423. The van der Waals surface area contributed by atoms with E-state index in [0.717, 1.165) is 16.1 Å². The third kappa shape index (κ3) is 3.21. The van der Waals surface area contributed by atoms with E-state index in [4.69, 9.17) is 10.5 Å². The molecular formula is C15H14N2OS. The number of nitrogens with zero attached hydrogens (tertiary/aromatic N) is 1. The molecule has 0 aliphatic rings. The molecule has 0 aliphatic heterocycles. The predicted molar refractivity (Wildman–Crippen MR) is 78.1 cm³/mol. The fraction of sp³-hybridized carbons (Fsp3) is 0.133. The van der Waals surface area contributed by atoms with Gasteiger partial charge in [0.2, 0.25) is 0 Å². The van der Waals surface area contributed by atoms with Gasteiger partial charge in [0.05, 0.1) is 0 Å². The maximum absolute atomic E-state index is 9.20. The molecule has 2 aromatic carbocycles. The van der Waals surface area contributed by atoms with E-state index in [-0.39, 0.29) is 0 Å². The van der Waals surface area contributed by atoms with Crippen LogP contribution in [0.1, 0.15) is 11.1 Å². The van der Waals surface area contributed by atoms with E-state index in [0.29, 0.717) is 17.9 Å². The molecule has 0 fully saturated rings. The van der Waals surface area contributed by atoms with E-state index in [1.807, 2.05) is 48.7 Å². The molecule has 3 nitrogen and oxygen atoms in total. The third-order valence-corrected chi connectivity index (χ3v) is 3.47. The molecule has 0 saturated heterocycles. The van der Waals surface area contributed by atoms with Gasteiger partial charge in [0.1, 0.15) is 24.0 Å². The molecule has 0 radical (unpaired) electrons. The van der Waals surface area contributed by atoms with Gasteiger partial charge in [-0.2, -0.15) is 5.26 Å². The van der Waals surface area contributed by atoms with Crippen molar-refractivity contribution in [1.29, 1.82) is 5.26 Å². The van der Waals surface area contributed by atoms with Crippen molar-refractivity contribution in [1.82, 2.24) is 0 Å². The third-order valence-electron chi connectivity index (χ3n) is 2.69. The summed E-state index contributed by atoms with van der Waals surface area (Å²) in [5, 5.41) is 9.20. The highest BCUT2D eigenvalue weighted by atomic mass is 32.2. The molecule has 19 heavy (non-hydrogen) atoms. The summed E-state index contributed by atoms with van der Waals surface area (Å²) >= 11 is 1.54. The molecule has 0 heterocycles. The van der Waals surface area contributed by atoms with Crippen LogP contribution < -0.4 is 10.5 Å². The number of rotatable bonds is 4. The molecule has 0 bridgehead atoms. The summed E-state index contributed by atoms with van der Waals surface area (Å²) in [5.74, 6) is 0.617. The lowest BCUT2D eigenvalue weighted by Crippen LogP contribution is -1.98. The standard InChI is InChI=1S/C15H14N2OS/c1-19-15-4-2-3-14(13(15)9-16)18-10-11-5-7-12(17)8-6-11/h2-8H,10,17H2,1H3. The number of ether oxygens (including phenoxy) is 1. The molecule has 0 saturated carbocycles. The number of nitrogens with two attached hydrogens (primary N) is 1. The van der Waals surface area contributed by atoms with Crippen molar-refractivity contribution in [2.45, 2.75) is 11.5 Å². The second-order valence-corrected chi connectivity index (χ2v) is 4.82. The Balaban J connectivity index is 2.16. The molecule has 0 amide bonds. The molecule has 0 spiro atoms. The van der Waals surface area contributed by atoms with Gasteiger partial charge in [0, 0.05) is 10.6 Å². The van der Waals surface area contributed by atoms with Crippen molar-refractivity contribution in [2.75, 3.05) is 12.0 Å². The maximum Gasteiger partial charge on any atom is 0.138 e. The molecular weight excluding hydrogens is 256 g/mol. The van der Waals surface area contributed by atoms with Crippen LogP contribution >= 0.6 is 11.8 Å². The maximum atomic E-state index is 9.20. The first-order valence-corrected chi connectivity index (χ1v) is 7.01. The number of thioether (sulfide) groups is 1. The van der Waals surface area contributed by atoms with Crippen LogP contribution in [-0.4, -0.2) is 6.26 Å². The van der Waals surface area contributed by atoms with Gasteiger partial charge in [0.25, 0.3) is 0 Å². The van der Waals surface area contributed by atoms with Crippen LogP contribution in [0.5, 0.6) is 5.75 Å². The molecule has 0 atom stereocenters. The molecule has 0 unspecified atom stereocenters. The van der Waals surface area contributed by atoms with Crippen molar-refractivity contribution in [2.24, 2.45) is 0 Å². The Morgan fingerprint density at radius 3 is 2.58 bits per heavy atom. The number of nitriles is 1. The molecule has 2 rings (SSSR count). The fourth-order valence-electron chi connectivity index (χ4n) is 1.69. The number of hydrogen-bond acceptors (Lipinski definition) is 4. The van der Waals surface area contributed by atoms with Crippen LogP contribution in [0.15, 0.2) is 47.4 Å². The van der Waals surface area contributed by atoms with Gasteiger partial charge in [-0.15, -0.1) is 11.8 Å². The first-order valence-electron chi connectivity index (χ1n) is 5.79. The highest BCUT2D eigenvalue weighted by molar-refractivity contribution is 7.98. The first-order chi connectivity index (χ1) is 9.24. The number of anilines is 1. The van der Waals surface area contributed by atoms with Crippen molar-refractivity contribution in [3.8, 4) is 11.8 Å². The Bertz CT molecular complexity index is 603. The van der Waals surface area contributed by atoms with Crippen molar-refractivity contribution in [3.05, 3.63) is 53.6 Å². The van der Waals surface area contributed by atoms with Crippen molar-refractivity contribution >= 4 is 17.4 Å². The van der Waals surface area contributed by atoms with Crippen molar-refractivity contribution < 1.29 is 4.74 Å². The number of hydrogen-bond donors (Lipinski definition) is 1. The summed E-state index contributed by atoms with van der Waals surface area (Å²) in [6.07, 6.45) is 1.94. The summed E-state index contributed by atoms with van der Waals surface area (Å²) in [7, 11) is 0. The lowest BCUT2D eigenvalue weighted by atomic mass is 10.2. The second-order valence-electron chi connectivity index (χ2n) is 3.98. The highest BCUT2D eigenvalue weighted by Gasteiger charge is 2.08. The van der Waals surface area contributed by atoms with Crippen LogP contribution in [0.25, 0.3) is 0 Å². The Labute approximate surface area is 117 Å². The summed E-state index contributed by atoms with van der Waals surface area (Å²) in [5.41, 5.74) is 7.97. The Hall–Kier alpha value is -2.12. The highest BCUT2D eigenvalue weighted by Crippen LogP contribution is 2.28. The van der Waals surface area contributed by atoms with Crippen LogP contribution in [-0.2, 0) is 6.61 Å². The zero-order valence-corrected chi connectivity index (χ0v) is 11.4. The molecule has 0 aromatic heterocycles. The normalized spacial score (nSPS) is 9.89. The summed E-state index contributed by atoms with van der Waals surface area (Å²) in [6, 6.07) is 15.3. The predicted octanol–water partition coefficient (Wildman–Crippen LogP) is 3.44. The lowest BCUT2D eigenvalue weighted by molar-refractivity contribution is 0.304. The van der Waals surface area contributed by atoms with Gasteiger partial charge >= 0.3 is 0 Å². The van der Waals surface area contributed by atoms with E-state index in [9.17, 15) is 5.26 Å². The molecule has 0 aliphatic carbocycles. The average Bonchev–Trinajstić information content (AvgIpc) is 2.46. The Morgan fingerprint density at radius 2 is 1.95 bits per heavy atom.